The Hall–Kier alpha value is -2.43. The van der Waals surface area contributed by atoms with E-state index in [1.807, 2.05) is 0 Å². The van der Waals surface area contributed by atoms with E-state index in [0.29, 0.717) is 21.8 Å². The van der Waals surface area contributed by atoms with Crippen LogP contribution in [0.15, 0.2) is 58.8 Å². The first-order chi connectivity index (χ1) is 12.1. The van der Waals surface area contributed by atoms with Gasteiger partial charge in [0.05, 0.1) is 10.6 Å². The van der Waals surface area contributed by atoms with Crippen LogP contribution in [0.5, 0.6) is 5.75 Å². The van der Waals surface area contributed by atoms with Crippen molar-refractivity contribution >= 4 is 21.4 Å². The Labute approximate surface area is 150 Å². The molecule has 0 aliphatic rings. The maximum absolute atomic E-state index is 12.2. The van der Waals surface area contributed by atoms with Crippen molar-refractivity contribution in [1.29, 1.82) is 0 Å². The van der Waals surface area contributed by atoms with Gasteiger partial charge in [0.2, 0.25) is 10.0 Å². The Morgan fingerprint density at radius 1 is 1.04 bits per heavy atom. The van der Waals surface area contributed by atoms with Crippen molar-refractivity contribution in [3.63, 3.8) is 0 Å². The molecule has 1 aromatic heterocycles. The minimum absolute atomic E-state index is 0.0502. The van der Waals surface area contributed by atoms with Gasteiger partial charge in [-0.15, -0.1) is 24.5 Å². The summed E-state index contributed by atoms with van der Waals surface area (Å²) in [7, 11) is -3.92. The number of hydrogen-bond donors (Lipinski definition) is 1. The predicted molar refractivity (Wildman–Crippen MR) is 91.0 cm³/mol. The molecule has 2 N–H and O–H groups in total. The number of ether oxygens (including phenoxy) is 1. The number of benzene rings is 2. The normalized spacial score (nSPS) is 12.2. The minimum atomic E-state index is -4.76. The molecule has 3 rings (SSSR count). The third-order valence-electron chi connectivity index (χ3n) is 3.31. The lowest BCUT2D eigenvalue weighted by atomic mass is 10.2. The Morgan fingerprint density at radius 2 is 1.69 bits per heavy atom. The molecule has 0 aliphatic heterocycles. The van der Waals surface area contributed by atoms with Crippen molar-refractivity contribution in [3.8, 4) is 27.6 Å². The molecule has 5 nitrogen and oxygen atoms in total. The maximum Gasteiger partial charge on any atom is 0.573 e. The highest BCUT2D eigenvalue weighted by atomic mass is 32.2. The third-order valence-corrected chi connectivity index (χ3v) is 5.17. The molecule has 0 amide bonds. The highest BCUT2D eigenvalue weighted by molar-refractivity contribution is 7.89. The summed E-state index contributed by atoms with van der Waals surface area (Å²) in [6, 6.07) is 11.4. The van der Waals surface area contributed by atoms with Crippen molar-refractivity contribution in [2.75, 3.05) is 0 Å². The molecule has 2 aromatic carbocycles. The summed E-state index contributed by atoms with van der Waals surface area (Å²) in [5, 5.41) is 7.39. The van der Waals surface area contributed by atoms with Crippen LogP contribution in [-0.2, 0) is 10.0 Å². The van der Waals surface area contributed by atoms with Gasteiger partial charge in [0.15, 0.2) is 0 Å². The molecule has 0 saturated carbocycles. The zero-order valence-corrected chi connectivity index (χ0v) is 14.5. The number of nitrogens with two attached hydrogens (primary N) is 1. The molecule has 0 aliphatic carbocycles. The van der Waals surface area contributed by atoms with Crippen LogP contribution in [0, 0.1) is 0 Å². The lowest BCUT2D eigenvalue weighted by Gasteiger charge is -2.08. The number of nitrogens with zero attached hydrogens (tertiary/aromatic N) is 1. The second kappa shape index (κ2) is 6.71. The summed E-state index contributed by atoms with van der Waals surface area (Å²) >= 11 is 1.23. The Kier molecular flexibility index (Phi) is 4.74. The molecule has 26 heavy (non-hydrogen) atoms. The monoisotopic (exact) mass is 400 g/mol. The van der Waals surface area contributed by atoms with Crippen LogP contribution in [0.2, 0.25) is 0 Å². The van der Waals surface area contributed by atoms with Crippen LogP contribution >= 0.6 is 11.3 Å². The van der Waals surface area contributed by atoms with E-state index < -0.39 is 16.4 Å². The Morgan fingerprint density at radius 3 is 2.31 bits per heavy atom. The van der Waals surface area contributed by atoms with Crippen LogP contribution in [-0.4, -0.2) is 19.8 Å². The fourth-order valence-electron chi connectivity index (χ4n) is 2.26. The summed E-state index contributed by atoms with van der Waals surface area (Å²) in [5.74, 6) is -0.336. The third kappa shape index (κ3) is 4.21. The van der Waals surface area contributed by atoms with Crippen LogP contribution in [0.3, 0.4) is 0 Å². The van der Waals surface area contributed by atoms with E-state index in [9.17, 15) is 21.6 Å². The first-order valence-corrected chi connectivity index (χ1v) is 9.50. The molecule has 0 atom stereocenters. The second-order valence-corrected chi connectivity index (χ2v) is 7.54. The zero-order chi connectivity index (χ0) is 18.9. The molecule has 0 bridgehead atoms. The van der Waals surface area contributed by atoms with E-state index in [1.54, 1.807) is 23.6 Å². The van der Waals surface area contributed by atoms with Crippen molar-refractivity contribution in [3.05, 3.63) is 53.9 Å². The molecule has 0 spiro atoms. The molecular weight excluding hydrogens is 389 g/mol. The number of sulfonamides is 1. The second-order valence-electron chi connectivity index (χ2n) is 5.15. The summed E-state index contributed by atoms with van der Waals surface area (Å²) in [4.78, 5) is 4.31. The zero-order valence-electron chi connectivity index (χ0n) is 12.9. The van der Waals surface area contributed by atoms with Gasteiger partial charge in [-0.2, -0.15) is 0 Å². The number of alkyl halides is 3. The van der Waals surface area contributed by atoms with Gasteiger partial charge in [0.1, 0.15) is 10.8 Å². The largest absolute Gasteiger partial charge is 0.573 e. The maximum atomic E-state index is 12.2. The van der Waals surface area contributed by atoms with Crippen LogP contribution in [0.25, 0.3) is 21.8 Å². The van der Waals surface area contributed by atoms with Gasteiger partial charge in [-0.1, -0.05) is 18.2 Å². The molecule has 0 unspecified atom stereocenters. The number of rotatable bonds is 4. The molecular formula is C16H11F3N2O3S2. The molecule has 136 valence electrons. The number of primary sulfonamides is 1. The molecule has 0 radical (unpaired) electrons. The van der Waals surface area contributed by atoms with Gasteiger partial charge in [0.25, 0.3) is 0 Å². The van der Waals surface area contributed by atoms with Crippen molar-refractivity contribution in [2.24, 2.45) is 5.14 Å². The Bertz CT molecular complexity index is 1030. The van der Waals surface area contributed by atoms with Gasteiger partial charge >= 0.3 is 6.36 Å². The van der Waals surface area contributed by atoms with Crippen molar-refractivity contribution in [2.45, 2.75) is 11.3 Å². The molecule has 10 heteroatoms. The number of halogens is 3. The molecule has 3 aromatic rings. The predicted octanol–water partition coefficient (Wildman–Crippen LogP) is 4.02. The topological polar surface area (TPSA) is 82.3 Å². The van der Waals surface area contributed by atoms with Gasteiger partial charge in [-0.3, -0.25) is 0 Å². The average molecular weight is 400 g/mol. The quantitative estimate of drug-likeness (QED) is 0.717. The lowest BCUT2D eigenvalue weighted by molar-refractivity contribution is -0.274. The van der Waals surface area contributed by atoms with Gasteiger partial charge in [-0.25, -0.2) is 18.5 Å². The lowest BCUT2D eigenvalue weighted by Crippen LogP contribution is -2.16. The van der Waals surface area contributed by atoms with Gasteiger partial charge < -0.3 is 4.74 Å². The summed E-state index contributed by atoms with van der Waals surface area (Å²) in [6.07, 6.45) is -4.76. The summed E-state index contributed by atoms with van der Waals surface area (Å²) < 4.78 is 63.8. The summed E-state index contributed by atoms with van der Waals surface area (Å²) in [6.45, 7) is 0. The van der Waals surface area contributed by atoms with E-state index in [4.69, 9.17) is 5.14 Å². The van der Waals surface area contributed by atoms with Crippen LogP contribution in [0.4, 0.5) is 13.2 Å². The SMILES string of the molecule is NS(=O)(=O)c1ccccc1-c1csc(-c2ccc(OC(F)(F)F)cc2)n1. The number of thiazole rings is 1. The number of hydrogen-bond acceptors (Lipinski definition) is 5. The van der Waals surface area contributed by atoms with E-state index in [2.05, 4.69) is 9.72 Å². The molecule has 0 fully saturated rings. The van der Waals surface area contributed by atoms with E-state index in [1.165, 1.54) is 41.7 Å². The fourth-order valence-corrected chi connectivity index (χ4v) is 3.83. The Balaban J connectivity index is 1.92. The van der Waals surface area contributed by atoms with Crippen LogP contribution < -0.4 is 9.88 Å². The van der Waals surface area contributed by atoms with E-state index in [0.717, 1.165) is 0 Å². The summed E-state index contributed by atoms with van der Waals surface area (Å²) in [5.41, 5.74) is 1.34. The molecule has 1 heterocycles. The molecule has 0 saturated heterocycles. The minimum Gasteiger partial charge on any atom is -0.406 e. The van der Waals surface area contributed by atoms with E-state index in [-0.39, 0.29) is 10.6 Å². The number of aromatic nitrogens is 1. The van der Waals surface area contributed by atoms with Crippen LogP contribution in [0.1, 0.15) is 0 Å². The fraction of sp³-hybridized carbons (Fsp3) is 0.0625. The van der Waals surface area contributed by atoms with Gasteiger partial charge in [0, 0.05) is 16.5 Å². The van der Waals surface area contributed by atoms with Crippen molar-refractivity contribution in [1.82, 2.24) is 4.98 Å². The first kappa shape index (κ1) is 18.4. The van der Waals surface area contributed by atoms with E-state index >= 15 is 0 Å². The highest BCUT2D eigenvalue weighted by Crippen LogP contribution is 2.33. The standard InChI is InChI=1S/C16H11F3N2O3S2/c17-16(18,19)24-11-7-5-10(6-8-11)15-21-13(9-25-15)12-3-1-2-4-14(12)26(20,22)23/h1-9H,(H2,20,22,23). The highest BCUT2D eigenvalue weighted by Gasteiger charge is 2.31. The average Bonchev–Trinajstić information content (AvgIpc) is 3.03. The first-order valence-electron chi connectivity index (χ1n) is 7.07. The van der Waals surface area contributed by atoms with Gasteiger partial charge in [-0.05, 0) is 30.3 Å². The smallest absolute Gasteiger partial charge is 0.406 e. The van der Waals surface area contributed by atoms with Crippen molar-refractivity contribution < 1.29 is 26.3 Å².